The van der Waals surface area contributed by atoms with Gasteiger partial charge in [-0.1, -0.05) is 0 Å². The SMILES string of the molecule is C/C(=C/C(=N)BO)c1nc(C)c[nH]1. The Kier molecular flexibility index (Phi) is 3.03. The van der Waals surface area contributed by atoms with Crippen LogP contribution < -0.4 is 0 Å². The molecule has 0 aliphatic carbocycles. The van der Waals surface area contributed by atoms with Gasteiger partial charge in [-0.3, -0.25) is 0 Å². The van der Waals surface area contributed by atoms with Gasteiger partial charge in [0, 0.05) is 11.8 Å². The third-order valence-corrected chi connectivity index (χ3v) is 1.64. The Morgan fingerprint density at radius 1 is 1.77 bits per heavy atom. The number of allylic oxidation sites excluding steroid dienone is 2. The molecule has 68 valence electrons. The predicted octanol–water partition coefficient (Wildman–Crippen LogP) is 0.442. The zero-order valence-corrected chi connectivity index (χ0v) is 7.76. The standard InChI is InChI=1S/C8H12BN3O/c1-5(3-7(10)9-13)8-11-4-6(2)12-8/h3-4,9-10,13H,1-2H3,(H,11,12)/b5-3-,10-7?. The summed E-state index contributed by atoms with van der Waals surface area (Å²) in [6.07, 6.45) is 3.40. The number of aromatic nitrogens is 2. The fourth-order valence-corrected chi connectivity index (χ4v) is 0.991. The van der Waals surface area contributed by atoms with Crippen LogP contribution >= 0.6 is 0 Å². The van der Waals surface area contributed by atoms with Gasteiger partial charge in [-0.15, -0.1) is 0 Å². The monoisotopic (exact) mass is 177 g/mol. The molecule has 0 aliphatic rings. The van der Waals surface area contributed by atoms with Gasteiger partial charge in [0.15, 0.2) is 0 Å². The maximum Gasteiger partial charge on any atom is 0.324 e. The lowest BCUT2D eigenvalue weighted by molar-refractivity contribution is 0.618. The van der Waals surface area contributed by atoms with Crippen LogP contribution in [-0.2, 0) is 0 Å². The van der Waals surface area contributed by atoms with Crippen molar-refractivity contribution in [1.29, 1.82) is 5.41 Å². The average Bonchev–Trinajstić information content (AvgIpc) is 2.51. The zero-order valence-electron chi connectivity index (χ0n) is 7.76. The summed E-state index contributed by atoms with van der Waals surface area (Å²) in [5.74, 6) is 0.746. The van der Waals surface area contributed by atoms with Crippen LogP contribution in [0.2, 0.25) is 0 Å². The zero-order chi connectivity index (χ0) is 9.84. The van der Waals surface area contributed by atoms with E-state index >= 15 is 0 Å². The van der Waals surface area contributed by atoms with Crippen molar-refractivity contribution in [2.45, 2.75) is 13.8 Å². The normalized spacial score (nSPS) is 11.5. The Balaban J connectivity index is 2.84. The van der Waals surface area contributed by atoms with Gasteiger partial charge in [0.25, 0.3) is 0 Å². The summed E-state index contributed by atoms with van der Waals surface area (Å²) in [4.78, 5) is 7.17. The van der Waals surface area contributed by atoms with Crippen molar-refractivity contribution in [2.24, 2.45) is 0 Å². The maximum atomic E-state index is 8.64. The van der Waals surface area contributed by atoms with Gasteiger partial charge in [0.1, 0.15) is 5.82 Å². The molecule has 0 unspecified atom stereocenters. The highest BCUT2D eigenvalue weighted by Crippen LogP contribution is 2.08. The first-order valence-electron chi connectivity index (χ1n) is 4.02. The van der Waals surface area contributed by atoms with Gasteiger partial charge in [-0.25, -0.2) is 4.98 Å². The molecule has 5 heteroatoms. The number of H-pyrrole nitrogens is 1. The van der Waals surface area contributed by atoms with E-state index in [0.717, 1.165) is 17.1 Å². The Hall–Kier alpha value is -1.36. The minimum atomic E-state index is -0.239. The molecule has 1 rings (SSSR count). The molecule has 0 radical (unpaired) electrons. The molecule has 0 aliphatic heterocycles. The van der Waals surface area contributed by atoms with E-state index in [4.69, 9.17) is 10.4 Å². The number of imidazole rings is 1. The number of rotatable bonds is 3. The first kappa shape index (κ1) is 9.73. The second-order valence-electron chi connectivity index (χ2n) is 2.90. The summed E-state index contributed by atoms with van der Waals surface area (Å²) in [5.41, 5.74) is 1.96. The van der Waals surface area contributed by atoms with E-state index < -0.39 is 0 Å². The average molecular weight is 177 g/mol. The summed E-state index contributed by atoms with van der Waals surface area (Å²) in [6, 6.07) is 0. The van der Waals surface area contributed by atoms with Crippen LogP contribution in [0.1, 0.15) is 18.4 Å². The smallest absolute Gasteiger partial charge is 0.324 e. The number of nitrogens with one attached hydrogen (secondary N) is 2. The Labute approximate surface area is 77.5 Å². The molecule has 0 bridgehead atoms. The summed E-state index contributed by atoms with van der Waals surface area (Å²) < 4.78 is 0. The topological polar surface area (TPSA) is 72.8 Å². The first-order valence-corrected chi connectivity index (χ1v) is 4.02. The number of aryl methyl sites for hydroxylation is 1. The lowest BCUT2D eigenvalue weighted by Crippen LogP contribution is -2.03. The lowest BCUT2D eigenvalue weighted by Gasteiger charge is -1.95. The molecule has 0 aromatic carbocycles. The molecule has 0 amide bonds. The van der Waals surface area contributed by atoms with Crippen molar-refractivity contribution >= 4 is 18.7 Å². The molecular formula is C8H12BN3O. The van der Waals surface area contributed by atoms with Crippen LogP contribution in [0.4, 0.5) is 0 Å². The van der Waals surface area contributed by atoms with Crippen molar-refractivity contribution in [3.8, 4) is 0 Å². The second-order valence-corrected chi connectivity index (χ2v) is 2.90. The molecule has 1 aromatic heterocycles. The van der Waals surface area contributed by atoms with Gasteiger partial charge in [-0.2, -0.15) is 0 Å². The number of aromatic amines is 1. The van der Waals surface area contributed by atoms with Gasteiger partial charge >= 0.3 is 7.48 Å². The highest BCUT2D eigenvalue weighted by atomic mass is 16.2. The third-order valence-electron chi connectivity index (χ3n) is 1.64. The van der Waals surface area contributed by atoms with Crippen molar-refractivity contribution in [3.05, 3.63) is 23.8 Å². The van der Waals surface area contributed by atoms with Gasteiger partial charge in [0.05, 0.1) is 5.69 Å². The summed E-state index contributed by atoms with van der Waals surface area (Å²) in [6.45, 7) is 3.74. The Bertz CT molecular complexity index is 343. The van der Waals surface area contributed by atoms with Gasteiger partial charge < -0.3 is 15.4 Å². The number of hydrogen-bond acceptors (Lipinski definition) is 3. The molecule has 0 atom stereocenters. The lowest BCUT2D eigenvalue weighted by atomic mass is 9.91. The predicted molar refractivity (Wildman–Crippen MR) is 54.1 cm³/mol. The second kappa shape index (κ2) is 4.05. The van der Waals surface area contributed by atoms with E-state index in [-0.39, 0.29) is 13.1 Å². The molecule has 13 heavy (non-hydrogen) atoms. The van der Waals surface area contributed by atoms with Crippen molar-refractivity contribution in [2.75, 3.05) is 0 Å². The molecule has 0 saturated carbocycles. The third kappa shape index (κ3) is 2.56. The number of hydrogen-bond donors (Lipinski definition) is 3. The highest BCUT2D eigenvalue weighted by Gasteiger charge is 2.01. The number of nitrogens with zero attached hydrogens (tertiary/aromatic N) is 1. The maximum absolute atomic E-state index is 8.64. The first-order chi connectivity index (χ1) is 6.13. The molecule has 0 saturated heterocycles. The highest BCUT2D eigenvalue weighted by molar-refractivity contribution is 6.72. The summed E-state index contributed by atoms with van der Waals surface area (Å²) in [5, 5.41) is 15.9. The van der Waals surface area contributed by atoms with Crippen LogP contribution in [-0.4, -0.2) is 28.1 Å². The molecule has 1 heterocycles. The van der Waals surface area contributed by atoms with Crippen molar-refractivity contribution in [3.63, 3.8) is 0 Å². The van der Waals surface area contributed by atoms with Gasteiger partial charge in [-0.05, 0) is 25.5 Å². The molecule has 3 N–H and O–H groups in total. The minimum Gasteiger partial charge on any atom is -0.448 e. The summed E-state index contributed by atoms with van der Waals surface area (Å²) in [7, 11) is -0.239. The largest absolute Gasteiger partial charge is 0.448 e. The fraction of sp³-hybridized carbons (Fsp3) is 0.250. The van der Waals surface area contributed by atoms with Crippen LogP contribution in [0.25, 0.3) is 5.57 Å². The molecule has 0 fully saturated rings. The Morgan fingerprint density at radius 2 is 2.46 bits per heavy atom. The molecular weight excluding hydrogens is 165 g/mol. The Morgan fingerprint density at radius 3 is 2.92 bits per heavy atom. The van der Waals surface area contributed by atoms with E-state index in [2.05, 4.69) is 9.97 Å². The van der Waals surface area contributed by atoms with E-state index in [0.29, 0.717) is 0 Å². The van der Waals surface area contributed by atoms with Crippen LogP contribution in [0.3, 0.4) is 0 Å². The van der Waals surface area contributed by atoms with Crippen molar-refractivity contribution in [1.82, 2.24) is 9.97 Å². The van der Waals surface area contributed by atoms with E-state index in [1.165, 1.54) is 0 Å². The minimum absolute atomic E-state index is 0.187. The van der Waals surface area contributed by atoms with E-state index in [1.54, 1.807) is 12.3 Å². The molecule has 0 spiro atoms. The van der Waals surface area contributed by atoms with Crippen molar-refractivity contribution < 1.29 is 5.02 Å². The van der Waals surface area contributed by atoms with Crippen LogP contribution in [0, 0.1) is 12.3 Å². The van der Waals surface area contributed by atoms with Crippen LogP contribution in [0.15, 0.2) is 12.3 Å². The van der Waals surface area contributed by atoms with E-state index in [1.807, 2.05) is 13.8 Å². The van der Waals surface area contributed by atoms with Crippen LogP contribution in [0.5, 0.6) is 0 Å². The quantitative estimate of drug-likeness (QED) is 0.463. The molecule has 1 aromatic rings. The summed E-state index contributed by atoms with van der Waals surface area (Å²) >= 11 is 0. The fourth-order valence-electron chi connectivity index (χ4n) is 0.991. The van der Waals surface area contributed by atoms with E-state index in [9.17, 15) is 0 Å². The van der Waals surface area contributed by atoms with Gasteiger partial charge in [0.2, 0.25) is 0 Å². The molecule has 4 nitrogen and oxygen atoms in total.